The Bertz CT molecular complexity index is 344. The van der Waals surface area contributed by atoms with Crippen molar-refractivity contribution in [3.05, 3.63) is 29.3 Å². The minimum Gasteiger partial charge on any atom is -0.388 e. The molecule has 0 heterocycles. The Labute approximate surface area is 91.7 Å². The molecule has 0 spiro atoms. The van der Waals surface area contributed by atoms with Crippen LogP contribution in [0.5, 0.6) is 0 Å². The second-order valence-corrected chi connectivity index (χ2v) is 3.86. The second kappa shape index (κ2) is 5.54. The molecule has 0 saturated heterocycles. The van der Waals surface area contributed by atoms with Gasteiger partial charge in [-0.1, -0.05) is 13.0 Å². The first-order valence-electron chi connectivity index (χ1n) is 5.46. The second-order valence-electron chi connectivity index (χ2n) is 3.86. The van der Waals surface area contributed by atoms with Gasteiger partial charge in [0, 0.05) is 25.6 Å². The summed E-state index contributed by atoms with van der Waals surface area (Å²) in [6.07, 6.45) is 2.20. The van der Waals surface area contributed by atoms with Crippen molar-refractivity contribution in [3.8, 4) is 0 Å². The van der Waals surface area contributed by atoms with Gasteiger partial charge in [0.15, 0.2) is 0 Å². The van der Waals surface area contributed by atoms with Crippen LogP contribution in [0.25, 0.3) is 0 Å². The topological polar surface area (TPSA) is 29.1 Å². The highest BCUT2D eigenvalue weighted by Crippen LogP contribution is 2.15. The summed E-state index contributed by atoms with van der Waals surface area (Å²) in [5.74, 6) is 0.331. The molecule has 1 aromatic carbocycles. The van der Waals surface area contributed by atoms with Gasteiger partial charge in [-0.3, -0.25) is 4.79 Å². The molecule has 2 heteroatoms. The predicted molar refractivity (Wildman–Crippen MR) is 64.3 cm³/mol. The van der Waals surface area contributed by atoms with E-state index >= 15 is 0 Å². The Morgan fingerprint density at radius 2 is 2.13 bits per heavy atom. The first-order valence-corrected chi connectivity index (χ1v) is 5.46. The van der Waals surface area contributed by atoms with E-state index < -0.39 is 0 Å². The van der Waals surface area contributed by atoms with Crippen LogP contribution in [-0.2, 0) is 11.2 Å². The molecule has 82 valence electrons. The molecule has 0 saturated carbocycles. The minimum atomic E-state index is 0.331. The summed E-state index contributed by atoms with van der Waals surface area (Å²) in [6, 6.07) is 6.13. The molecule has 1 rings (SSSR count). The van der Waals surface area contributed by atoms with Crippen LogP contribution in [0.15, 0.2) is 18.2 Å². The van der Waals surface area contributed by atoms with E-state index in [1.54, 1.807) is 0 Å². The van der Waals surface area contributed by atoms with Gasteiger partial charge in [-0.2, -0.15) is 0 Å². The molecule has 0 radical (unpaired) electrons. The van der Waals surface area contributed by atoms with Crippen LogP contribution in [-0.4, -0.2) is 12.8 Å². The summed E-state index contributed by atoms with van der Waals surface area (Å²) in [5, 5.41) is 3.09. The van der Waals surface area contributed by atoms with Gasteiger partial charge in [0.25, 0.3) is 0 Å². The van der Waals surface area contributed by atoms with Crippen molar-refractivity contribution in [3.63, 3.8) is 0 Å². The molecular formula is C13H19NO. The van der Waals surface area contributed by atoms with Crippen molar-refractivity contribution in [2.24, 2.45) is 0 Å². The molecule has 0 aliphatic rings. The van der Waals surface area contributed by atoms with Crippen molar-refractivity contribution in [1.82, 2.24) is 0 Å². The maximum Gasteiger partial charge on any atom is 0.137 e. The van der Waals surface area contributed by atoms with Gasteiger partial charge in [0.2, 0.25) is 0 Å². The monoisotopic (exact) mass is 205 g/mol. The van der Waals surface area contributed by atoms with E-state index in [1.165, 1.54) is 5.56 Å². The first-order chi connectivity index (χ1) is 7.17. The van der Waals surface area contributed by atoms with E-state index in [2.05, 4.69) is 18.3 Å². The van der Waals surface area contributed by atoms with Gasteiger partial charge in [0.1, 0.15) is 5.78 Å². The molecular weight excluding hydrogens is 186 g/mol. The van der Waals surface area contributed by atoms with E-state index in [-0.39, 0.29) is 0 Å². The molecule has 15 heavy (non-hydrogen) atoms. The van der Waals surface area contributed by atoms with Crippen LogP contribution < -0.4 is 5.32 Å². The Hall–Kier alpha value is -1.31. The zero-order chi connectivity index (χ0) is 11.3. The van der Waals surface area contributed by atoms with Gasteiger partial charge < -0.3 is 5.32 Å². The summed E-state index contributed by atoms with van der Waals surface area (Å²) < 4.78 is 0. The van der Waals surface area contributed by atoms with E-state index in [4.69, 9.17) is 0 Å². The number of hydrogen-bond acceptors (Lipinski definition) is 2. The zero-order valence-corrected chi connectivity index (χ0v) is 9.76. The highest BCUT2D eigenvalue weighted by molar-refractivity contribution is 5.81. The van der Waals surface area contributed by atoms with Crippen molar-refractivity contribution in [2.45, 2.75) is 33.1 Å². The first kappa shape index (κ1) is 11.8. The van der Waals surface area contributed by atoms with E-state index in [1.807, 2.05) is 26.1 Å². The lowest BCUT2D eigenvalue weighted by atomic mass is 10.0. The maximum absolute atomic E-state index is 11.5. The number of ketones is 1. The summed E-state index contributed by atoms with van der Waals surface area (Å²) in [7, 11) is 1.90. The quantitative estimate of drug-likeness (QED) is 0.800. The van der Waals surface area contributed by atoms with Crippen molar-refractivity contribution >= 4 is 11.5 Å². The van der Waals surface area contributed by atoms with Crippen LogP contribution in [0.3, 0.4) is 0 Å². The third-order valence-electron chi connectivity index (χ3n) is 2.55. The minimum absolute atomic E-state index is 0.331. The summed E-state index contributed by atoms with van der Waals surface area (Å²) in [4.78, 5) is 11.5. The van der Waals surface area contributed by atoms with Crippen LogP contribution in [0.2, 0.25) is 0 Å². The molecule has 0 unspecified atom stereocenters. The van der Waals surface area contributed by atoms with Gasteiger partial charge in [-0.25, -0.2) is 0 Å². The van der Waals surface area contributed by atoms with E-state index in [9.17, 15) is 4.79 Å². The third-order valence-corrected chi connectivity index (χ3v) is 2.55. The fourth-order valence-electron chi connectivity index (χ4n) is 1.63. The molecule has 0 bridgehead atoms. The van der Waals surface area contributed by atoms with Gasteiger partial charge in [0.05, 0.1) is 0 Å². The highest BCUT2D eigenvalue weighted by atomic mass is 16.1. The number of anilines is 1. The number of carbonyl (C=O) groups is 1. The Morgan fingerprint density at radius 1 is 1.40 bits per heavy atom. The average molecular weight is 205 g/mol. The number of hydrogen-bond donors (Lipinski definition) is 1. The maximum atomic E-state index is 11.5. The van der Waals surface area contributed by atoms with Crippen molar-refractivity contribution < 1.29 is 4.79 Å². The number of Topliss-reactive ketones (excluding diaryl/α,β-unsaturated/α-hetero) is 1. The summed E-state index contributed by atoms with van der Waals surface area (Å²) >= 11 is 0. The lowest BCUT2D eigenvalue weighted by molar-refractivity contribution is -0.118. The number of benzene rings is 1. The molecule has 0 aliphatic heterocycles. The third kappa shape index (κ3) is 3.39. The number of nitrogens with one attached hydrogen (secondary N) is 1. The molecule has 0 aliphatic carbocycles. The number of aryl methyl sites for hydroxylation is 1. The summed E-state index contributed by atoms with van der Waals surface area (Å²) in [6.45, 7) is 4.09. The smallest absolute Gasteiger partial charge is 0.137 e. The Morgan fingerprint density at radius 3 is 2.67 bits per heavy atom. The van der Waals surface area contributed by atoms with Gasteiger partial charge in [-0.05, 0) is 36.6 Å². The lowest BCUT2D eigenvalue weighted by Gasteiger charge is -2.07. The molecule has 0 fully saturated rings. The van der Waals surface area contributed by atoms with Gasteiger partial charge in [-0.15, -0.1) is 0 Å². The average Bonchev–Trinajstić information content (AvgIpc) is 2.21. The normalized spacial score (nSPS) is 10.1. The molecule has 2 nitrogen and oxygen atoms in total. The lowest BCUT2D eigenvalue weighted by Crippen LogP contribution is -2.03. The van der Waals surface area contributed by atoms with Crippen LogP contribution in [0.4, 0.5) is 5.69 Å². The van der Waals surface area contributed by atoms with Gasteiger partial charge >= 0.3 is 0 Å². The SMILES string of the molecule is CCCC(=O)Cc1ccc(NC)cc1C. The standard InChI is InChI=1S/C13H19NO/c1-4-5-13(15)9-11-6-7-12(14-3)8-10(11)2/h6-8,14H,4-5,9H2,1-3H3. The van der Waals surface area contributed by atoms with Crippen LogP contribution in [0.1, 0.15) is 30.9 Å². The highest BCUT2D eigenvalue weighted by Gasteiger charge is 2.05. The number of rotatable bonds is 5. The van der Waals surface area contributed by atoms with E-state index in [0.717, 1.165) is 17.7 Å². The Kier molecular flexibility index (Phi) is 4.35. The Balaban J connectivity index is 2.73. The van der Waals surface area contributed by atoms with E-state index in [0.29, 0.717) is 18.6 Å². The number of carbonyl (C=O) groups excluding carboxylic acids is 1. The van der Waals surface area contributed by atoms with Crippen LogP contribution >= 0.6 is 0 Å². The van der Waals surface area contributed by atoms with Crippen molar-refractivity contribution in [1.29, 1.82) is 0 Å². The summed E-state index contributed by atoms with van der Waals surface area (Å²) in [5.41, 5.74) is 3.43. The molecule has 0 amide bonds. The van der Waals surface area contributed by atoms with Crippen LogP contribution in [0, 0.1) is 6.92 Å². The molecule has 0 atom stereocenters. The largest absolute Gasteiger partial charge is 0.388 e. The molecule has 0 aromatic heterocycles. The predicted octanol–water partition coefficient (Wildman–Crippen LogP) is 2.95. The molecule has 1 N–H and O–H groups in total. The fourth-order valence-corrected chi connectivity index (χ4v) is 1.63. The van der Waals surface area contributed by atoms with Crippen molar-refractivity contribution in [2.75, 3.05) is 12.4 Å². The zero-order valence-electron chi connectivity index (χ0n) is 9.76. The molecule has 1 aromatic rings. The fraction of sp³-hybridized carbons (Fsp3) is 0.462.